The number of carbonyl (C=O) groups is 2. The van der Waals surface area contributed by atoms with Gasteiger partial charge < -0.3 is 10.2 Å². The van der Waals surface area contributed by atoms with Crippen LogP contribution in [0.25, 0.3) is 0 Å². The maximum atomic E-state index is 13.1. The van der Waals surface area contributed by atoms with Crippen LogP contribution in [-0.4, -0.2) is 34.6 Å². The minimum atomic E-state index is -0.544. The standard InChI is InChI=1S/C24H31ClN2O2S/c1-5-18(3)26-24(29)19(4)27(14-21-11-7-6-9-17(21)2)23(28)16-30-15-20-10-8-12-22(25)13-20/h6-13,18-19H,5,14-16H2,1-4H3,(H,26,29)/t18-,19+/m1/s1. The first-order valence-electron chi connectivity index (χ1n) is 10.3. The number of nitrogens with one attached hydrogen (secondary N) is 1. The lowest BCUT2D eigenvalue weighted by molar-refractivity contribution is -0.138. The van der Waals surface area contributed by atoms with Gasteiger partial charge >= 0.3 is 0 Å². The predicted octanol–water partition coefficient (Wildman–Crippen LogP) is 5.21. The topological polar surface area (TPSA) is 49.4 Å². The van der Waals surface area contributed by atoms with Crippen LogP contribution < -0.4 is 5.32 Å². The van der Waals surface area contributed by atoms with E-state index < -0.39 is 6.04 Å². The van der Waals surface area contributed by atoms with Gasteiger partial charge in [-0.15, -0.1) is 11.8 Å². The highest BCUT2D eigenvalue weighted by Crippen LogP contribution is 2.19. The molecular formula is C24H31ClN2O2S. The summed E-state index contributed by atoms with van der Waals surface area (Å²) in [5.74, 6) is 0.834. The Morgan fingerprint density at radius 2 is 1.87 bits per heavy atom. The number of aryl methyl sites for hydroxylation is 1. The number of hydrogen-bond donors (Lipinski definition) is 1. The monoisotopic (exact) mass is 446 g/mol. The Bertz CT molecular complexity index is 859. The zero-order chi connectivity index (χ0) is 22.1. The van der Waals surface area contributed by atoms with E-state index in [1.807, 2.05) is 69.3 Å². The van der Waals surface area contributed by atoms with Crippen molar-refractivity contribution in [2.45, 2.75) is 58.5 Å². The second-order valence-electron chi connectivity index (χ2n) is 7.56. The number of rotatable bonds is 10. The number of thioether (sulfide) groups is 1. The zero-order valence-corrected chi connectivity index (χ0v) is 19.7. The molecular weight excluding hydrogens is 416 g/mol. The van der Waals surface area contributed by atoms with Crippen LogP contribution in [-0.2, 0) is 21.9 Å². The quantitative estimate of drug-likeness (QED) is 0.544. The molecule has 2 atom stereocenters. The molecule has 0 spiro atoms. The number of halogens is 1. The Morgan fingerprint density at radius 1 is 1.13 bits per heavy atom. The molecule has 0 radical (unpaired) electrons. The minimum Gasteiger partial charge on any atom is -0.352 e. The van der Waals surface area contributed by atoms with Gasteiger partial charge in [0.05, 0.1) is 5.75 Å². The van der Waals surface area contributed by atoms with Crippen LogP contribution in [0, 0.1) is 6.92 Å². The summed E-state index contributed by atoms with van der Waals surface area (Å²) in [7, 11) is 0. The summed E-state index contributed by atoms with van der Waals surface area (Å²) in [6, 6.07) is 15.2. The molecule has 1 N–H and O–H groups in total. The Hall–Kier alpha value is -1.98. The second kappa shape index (κ2) is 12.0. The maximum Gasteiger partial charge on any atom is 0.242 e. The molecule has 162 valence electrons. The van der Waals surface area contributed by atoms with Crippen molar-refractivity contribution < 1.29 is 9.59 Å². The third-order valence-electron chi connectivity index (χ3n) is 5.15. The van der Waals surface area contributed by atoms with E-state index in [4.69, 9.17) is 11.6 Å². The van der Waals surface area contributed by atoms with Crippen LogP contribution >= 0.6 is 23.4 Å². The fourth-order valence-corrected chi connectivity index (χ4v) is 4.06. The highest BCUT2D eigenvalue weighted by atomic mass is 35.5. The van der Waals surface area contributed by atoms with E-state index in [0.717, 1.165) is 23.1 Å². The van der Waals surface area contributed by atoms with Crippen LogP contribution in [0.2, 0.25) is 5.02 Å². The summed E-state index contributed by atoms with van der Waals surface area (Å²) in [6.45, 7) is 8.24. The van der Waals surface area contributed by atoms with Gasteiger partial charge in [0.1, 0.15) is 6.04 Å². The molecule has 2 rings (SSSR count). The average Bonchev–Trinajstić information content (AvgIpc) is 2.72. The van der Waals surface area contributed by atoms with Crippen molar-refractivity contribution in [2.75, 3.05) is 5.75 Å². The van der Waals surface area contributed by atoms with E-state index >= 15 is 0 Å². The SMILES string of the molecule is CC[C@@H](C)NC(=O)[C@H](C)N(Cc1ccccc1C)C(=O)CSCc1cccc(Cl)c1. The Balaban J connectivity index is 2.09. The first-order valence-corrected chi connectivity index (χ1v) is 11.8. The molecule has 0 saturated carbocycles. The lowest BCUT2D eigenvalue weighted by Gasteiger charge is -2.30. The van der Waals surface area contributed by atoms with Gasteiger partial charge in [-0.05, 0) is 56.0 Å². The number of benzene rings is 2. The highest BCUT2D eigenvalue weighted by molar-refractivity contribution is 7.99. The van der Waals surface area contributed by atoms with Crippen LogP contribution in [0.1, 0.15) is 43.9 Å². The maximum absolute atomic E-state index is 13.1. The molecule has 0 bridgehead atoms. The first-order chi connectivity index (χ1) is 14.3. The Labute approximate surface area is 189 Å². The van der Waals surface area contributed by atoms with Gasteiger partial charge in [0, 0.05) is 23.4 Å². The summed E-state index contributed by atoms with van der Waals surface area (Å²) in [5, 5.41) is 3.69. The fourth-order valence-electron chi connectivity index (χ4n) is 2.99. The Morgan fingerprint density at radius 3 is 2.53 bits per heavy atom. The van der Waals surface area contributed by atoms with Gasteiger partial charge in [0.2, 0.25) is 11.8 Å². The van der Waals surface area contributed by atoms with E-state index in [-0.39, 0.29) is 17.9 Å². The average molecular weight is 447 g/mol. The van der Waals surface area contributed by atoms with Crippen LogP contribution in [0.15, 0.2) is 48.5 Å². The normalized spacial score (nSPS) is 12.8. The lowest BCUT2D eigenvalue weighted by Crippen LogP contribution is -2.50. The van der Waals surface area contributed by atoms with E-state index in [0.29, 0.717) is 23.1 Å². The van der Waals surface area contributed by atoms with Crippen molar-refractivity contribution in [3.63, 3.8) is 0 Å². The molecule has 0 heterocycles. The fraction of sp³-hybridized carbons (Fsp3) is 0.417. The first kappa shape index (κ1) is 24.3. The van der Waals surface area contributed by atoms with E-state index in [2.05, 4.69) is 5.32 Å². The van der Waals surface area contributed by atoms with E-state index in [1.54, 1.807) is 11.8 Å². The van der Waals surface area contributed by atoms with E-state index in [1.165, 1.54) is 11.8 Å². The van der Waals surface area contributed by atoms with Crippen molar-refractivity contribution in [3.05, 3.63) is 70.2 Å². The number of amides is 2. The van der Waals surface area contributed by atoms with Crippen molar-refractivity contribution in [1.29, 1.82) is 0 Å². The van der Waals surface area contributed by atoms with Gasteiger partial charge in [-0.1, -0.05) is 54.9 Å². The van der Waals surface area contributed by atoms with Gasteiger partial charge in [-0.3, -0.25) is 9.59 Å². The minimum absolute atomic E-state index is 0.0444. The molecule has 0 saturated heterocycles. The predicted molar refractivity (Wildman–Crippen MR) is 127 cm³/mol. The molecule has 0 aliphatic heterocycles. The second-order valence-corrected chi connectivity index (χ2v) is 8.99. The molecule has 0 aromatic heterocycles. The molecule has 4 nitrogen and oxygen atoms in total. The largest absolute Gasteiger partial charge is 0.352 e. The molecule has 0 fully saturated rings. The van der Waals surface area contributed by atoms with Gasteiger partial charge in [0.15, 0.2) is 0 Å². The summed E-state index contributed by atoms with van der Waals surface area (Å²) >= 11 is 7.57. The summed E-state index contributed by atoms with van der Waals surface area (Å²) < 4.78 is 0. The number of carbonyl (C=O) groups excluding carboxylic acids is 2. The molecule has 2 amide bonds. The van der Waals surface area contributed by atoms with Gasteiger partial charge in [-0.25, -0.2) is 0 Å². The van der Waals surface area contributed by atoms with Crippen molar-refractivity contribution in [1.82, 2.24) is 10.2 Å². The number of nitrogens with zero attached hydrogens (tertiary/aromatic N) is 1. The van der Waals surface area contributed by atoms with E-state index in [9.17, 15) is 9.59 Å². The third-order valence-corrected chi connectivity index (χ3v) is 6.38. The smallest absolute Gasteiger partial charge is 0.242 e. The van der Waals surface area contributed by atoms with Gasteiger partial charge in [0.25, 0.3) is 0 Å². The van der Waals surface area contributed by atoms with Crippen molar-refractivity contribution in [3.8, 4) is 0 Å². The zero-order valence-electron chi connectivity index (χ0n) is 18.2. The highest BCUT2D eigenvalue weighted by Gasteiger charge is 2.27. The van der Waals surface area contributed by atoms with Crippen molar-refractivity contribution in [2.24, 2.45) is 0 Å². The molecule has 0 aliphatic carbocycles. The molecule has 2 aromatic rings. The Kier molecular flexibility index (Phi) is 9.73. The summed E-state index contributed by atoms with van der Waals surface area (Å²) in [4.78, 5) is 27.5. The van der Waals surface area contributed by atoms with Crippen LogP contribution in [0.3, 0.4) is 0 Å². The lowest BCUT2D eigenvalue weighted by atomic mass is 10.1. The van der Waals surface area contributed by atoms with Crippen LogP contribution in [0.5, 0.6) is 0 Å². The number of hydrogen-bond acceptors (Lipinski definition) is 3. The summed E-state index contributed by atoms with van der Waals surface area (Å²) in [5.41, 5.74) is 3.23. The molecule has 0 unspecified atom stereocenters. The molecule has 30 heavy (non-hydrogen) atoms. The third kappa shape index (κ3) is 7.37. The molecule has 6 heteroatoms. The summed E-state index contributed by atoms with van der Waals surface area (Å²) in [6.07, 6.45) is 0.847. The van der Waals surface area contributed by atoms with Crippen molar-refractivity contribution >= 4 is 35.2 Å². The van der Waals surface area contributed by atoms with Crippen LogP contribution in [0.4, 0.5) is 0 Å². The van der Waals surface area contributed by atoms with Gasteiger partial charge in [-0.2, -0.15) is 0 Å². The molecule has 2 aromatic carbocycles. The molecule has 0 aliphatic rings.